The number of rotatable bonds is 3. The number of carbonyl (C=O) groups is 1. The molecule has 5 heteroatoms. The summed E-state index contributed by atoms with van der Waals surface area (Å²) in [6.07, 6.45) is 7.69. The number of nitrogens with zero attached hydrogens (tertiary/aromatic N) is 4. The molecule has 1 aliphatic carbocycles. The van der Waals surface area contributed by atoms with Crippen LogP contribution in [0.5, 0.6) is 0 Å². The fourth-order valence-corrected chi connectivity index (χ4v) is 3.79. The highest BCUT2D eigenvalue weighted by Crippen LogP contribution is 2.60. The van der Waals surface area contributed by atoms with Crippen LogP contribution in [0.1, 0.15) is 46.6 Å². The lowest BCUT2D eigenvalue weighted by Gasteiger charge is -2.33. The number of aromatic nitrogens is 3. The zero-order valence-corrected chi connectivity index (χ0v) is 14.0. The topological polar surface area (TPSA) is 51.0 Å². The van der Waals surface area contributed by atoms with Gasteiger partial charge in [0.15, 0.2) is 0 Å². The van der Waals surface area contributed by atoms with Crippen LogP contribution in [0.15, 0.2) is 24.3 Å². The van der Waals surface area contributed by atoms with Crippen LogP contribution in [-0.2, 0) is 4.79 Å². The molecule has 2 heterocycles. The van der Waals surface area contributed by atoms with Gasteiger partial charge in [-0.15, -0.1) is 0 Å². The Balaban J connectivity index is 1.69. The quantitative estimate of drug-likeness (QED) is 0.807. The standard InChI is InChI=1S/C17H26N4O/c1-12(2)8-14-15(17(14,3)4)16(22)20-7-5-6-13(9-20)21-11-18-10-19-21/h8,10-11,13-15H,5-7,9H2,1-4H3/t13-,14+,15+/m0/s1. The molecule has 3 atom stereocenters. The predicted molar refractivity (Wildman–Crippen MR) is 85.1 cm³/mol. The second-order valence-corrected chi connectivity index (χ2v) is 7.52. The summed E-state index contributed by atoms with van der Waals surface area (Å²) in [5.74, 6) is 0.839. The molecule has 0 spiro atoms. The number of likely N-dealkylation sites (tertiary alicyclic amines) is 1. The maximum absolute atomic E-state index is 12.9. The summed E-state index contributed by atoms with van der Waals surface area (Å²) in [5, 5.41) is 4.24. The molecule has 1 aliphatic heterocycles. The highest BCUT2D eigenvalue weighted by molar-refractivity contribution is 5.84. The van der Waals surface area contributed by atoms with Gasteiger partial charge in [0.1, 0.15) is 12.7 Å². The molecule has 0 aromatic carbocycles. The minimum absolute atomic E-state index is 0.0918. The van der Waals surface area contributed by atoms with E-state index in [-0.39, 0.29) is 17.4 Å². The van der Waals surface area contributed by atoms with Gasteiger partial charge in [-0.3, -0.25) is 4.79 Å². The van der Waals surface area contributed by atoms with Crippen LogP contribution in [0.3, 0.4) is 0 Å². The Bertz CT molecular complexity index is 571. The largest absolute Gasteiger partial charge is 0.340 e. The first-order valence-corrected chi connectivity index (χ1v) is 8.19. The number of hydrogen-bond acceptors (Lipinski definition) is 3. The highest BCUT2D eigenvalue weighted by Gasteiger charge is 2.61. The van der Waals surface area contributed by atoms with Gasteiger partial charge in [-0.25, -0.2) is 9.67 Å². The average Bonchev–Trinajstić information content (AvgIpc) is 2.87. The van der Waals surface area contributed by atoms with Crippen molar-refractivity contribution in [2.24, 2.45) is 17.3 Å². The van der Waals surface area contributed by atoms with Crippen LogP contribution in [0, 0.1) is 17.3 Å². The van der Waals surface area contributed by atoms with Gasteiger partial charge in [0, 0.05) is 13.1 Å². The Labute approximate surface area is 132 Å². The zero-order valence-electron chi connectivity index (χ0n) is 14.0. The predicted octanol–water partition coefficient (Wildman–Crippen LogP) is 2.68. The van der Waals surface area contributed by atoms with Crippen molar-refractivity contribution >= 4 is 5.91 Å². The molecule has 1 amide bonds. The van der Waals surface area contributed by atoms with Crippen molar-refractivity contribution in [3.8, 4) is 0 Å². The number of hydrogen-bond donors (Lipinski definition) is 0. The van der Waals surface area contributed by atoms with Crippen molar-refractivity contribution in [1.82, 2.24) is 19.7 Å². The lowest BCUT2D eigenvalue weighted by atomic mass is 10.0. The van der Waals surface area contributed by atoms with E-state index < -0.39 is 0 Å². The van der Waals surface area contributed by atoms with Gasteiger partial charge in [-0.2, -0.15) is 5.10 Å². The van der Waals surface area contributed by atoms with Crippen LogP contribution in [0.25, 0.3) is 0 Å². The lowest BCUT2D eigenvalue weighted by Crippen LogP contribution is -2.42. The molecule has 120 valence electrons. The van der Waals surface area contributed by atoms with Crippen molar-refractivity contribution in [1.29, 1.82) is 0 Å². The van der Waals surface area contributed by atoms with Crippen molar-refractivity contribution in [2.75, 3.05) is 13.1 Å². The molecule has 3 rings (SSSR count). The maximum Gasteiger partial charge on any atom is 0.226 e. The third-order valence-corrected chi connectivity index (χ3v) is 5.21. The summed E-state index contributed by atoms with van der Waals surface area (Å²) in [6, 6.07) is 0.268. The summed E-state index contributed by atoms with van der Waals surface area (Å²) in [6.45, 7) is 10.3. The van der Waals surface area contributed by atoms with Gasteiger partial charge >= 0.3 is 0 Å². The van der Waals surface area contributed by atoms with Gasteiger partial charge in [-0.1, -0.05) is 25.5 Å². The summed E-state index contributed by atoms with van der Waals surface area (Å²) in [5.41, 5.74) is 1.39. The van der Waals surface area contributed by atoms with E-state index >= 15 is 0 Å². The molecule has 1 aromatic rings. The van der Waals surface area contributed by atoms with Crippen LogP contribution in [0.2, 0.25) is 0 Å². The molecule has 1 aromatic heterocycles. The Morgan fingerprint density at radius 1 is 1.36 bits per heavy atom. The SMILES string of the molecule is CC(C)=C[C@@H]1[C@H](C(=O)N2CCC[C@H](n3cncn3)C2)C1(C)C. The van der Waals surface area contributed by atoms with E-state index in [1.165, 1.54) is 5.57 Å². The molecule has 0 N–H and O–H groups in total. The minimum atomic E-state index is 0.0918. The average molecular weight is 302 g/mol. The first-order valence-electron chi connectivity index (χ1n) is 8.19. The Kier molecular flexibility index (Phi) is 3.83. The van der Waals surface area contributed by atoms with Crippen LogP contribution in [-0.4, -0.2) is 38.7 Å². The van der Waals surface area contributed by atoms with Crippen molar-refractivity contribution < 1.29 is 4.79 Å². The molecule has 1 saturated heterocycles. The van der Waals surface area contributed by atoms with Gasteiger partial charge in [0.05, 0.1) is 12.0 Å². The second-order valence-electron chi connectivity index (χ2n) is 7.52. The number of allylic oxidation sites excluding steroid dienone is 2. The van der Waals surface area contributed by atoms with E-state index in [9.17, 15) is 4.79 Å². The molecular formula is C17H26N4O. The summed E-state index contributed by atoms with van der Waals surface area (Å²) in [4.78, 5) is 19.0. The van der Waals surface area contributed by atoms with Gasteiger partial charge in [0.2, 0.25) is 5.91 Å². The summed E-state index contributed by atoms with van der Waals surface area (Å²) >= 11 is 0. The molecule has 0 unspecified atom stereocenters. The van der Waals surface area contributed by atoms with E-state index in [2.05, 4.69) is 43.9 Å². The number of amides is 1. The van der Waals surface area contributed by atoms with E-state index in [0.717, 1.165) is 25.9 Å². The maximum atomic E-state index is 12.9. The highest BCUT2D eigenvalue weighted by atomic mass is 16.2. The Hall–Kier alpha value is -1.65. The monoisotopic (exact) mass is 302 g/mol. The lowest BCUT2D eigenvalue weighted by molar-refractivity contribution is -0.135. The van der Waals surface area contributed by atoms with E-state index in [4.69, 9.17) is 0 Å². The summed E-state index contributed by atoms with van der Waals surface area (Å²) < 4.78 is 1.89. The van der Waals surface area contributed by atoms with Gasteiger partial charge in [-0.05, 0) is 38.0 Å². The first kappa shape index (κ1) is 15.3. The Morgan fingerprint density at radius 3 is 2.77 bits per heavy atom. The Morgan fingerprint density at radius 2 is 2.14 bits per heavy atom. The molecule has 0 radical (unpaired) electrons. The summed E-state index contributed by atoms with van der Waals surface area (Å²) in [7, 11) is 0. The molecule has 2 aliphatic rings. The molecule has 1 saturated carbocycles. The van der Waals surface area contributed by atoms with Crippen LogP contribution >= 0.6 is 0 Å². The van der Waals surface area contributed by atoms with E-state index in [0.29, 0.717) is 11.8 Å². The van der Waals surface area contributed by atoms with E-state index in [1.807, 2.05) is 9.58 Å². The molecule has 22 heavy (non-hydrogen) atoms. The zero-order chi connectivity index (χ0) is 15.9. The fraction of sp³-hybridized carbons (Fsp3) is 0.706. The third-order valence-electron chi connectivity index (χ3n) is 5.21. The van der Waals surface area contributed by atoms with Crippen LogP contribution < -0.4 is 0 Å². The minimum Gasteiger partial charge on any atom is -0.340 e. The third kappa shape index (κ3) is 2.69. The van der Waals surface area contributed by atoms with Crippen molar-refractivity contribution in [3.05, 3.63) is 24.3 Å². The molecular weight excluding hydrogens is 276 g/mol. The molecule has 2 fully saturated rings. The normalized spacial score (nSPS) is 30.0. The van der Waals surface area contributed by atoms with Crippen molar-refractivity contribution in [2.45, 2.75) is 46.6 Å². The van der Waals surface area contributed by atoms with Crippen LogP contribution in [0.4, 0.5) is 0 Å². The van der Waals surface area contributed by atoms with Crippen molar-refractivity contribution in [3.63, 3.8) is 0 Å². The fourth-order valence-electron chi connectivity index (χ4n) is 3.79. The second kappa shape index (κ2) is 5.52. The number of piperidine rings is 1. The molecule has 0 bridgehead atoms. The first-order chi connectivity index (χ1) is 10.4. The van der Waals surface area contributed by atoms with E-state index in [1.54, 1.807) is 12.7 Å². The smallest absolute Gasteiger partial charge is 0.226 e. The number of carbonyl (C=O) groups excluding carboxylic acids is 1. The van der Waals surface area contributed by atoms with Gasteiger partial charge < -0.3 is 4.90 Å². The van der Waals surface area contributed by atoms with Gasteiger partial charge in [0.25, 0.3) is 0 Å². The molecule has 5 nitrogen and oxygen atoms in total.